The Morgan fingerprint density at radius 2 is 1.93 bits per heavy atom. The van der Waals surface area contributed by atoms with Crippen LogP contribution in [0.2, 0.25) is 0 Å². The van der Waals surface area contributed by atoms with Crippen molar-refractivity contribution in [3.63, 3.8) is 0 Å². The van der Waals surface area contributed by atoms with E-state index in [2.05, 4.69) is 15.8 Å². The summed E-state index contributed by atoms with van der Waals surface area (Å²) in [6.45, 7) is 1.99. The number of allylic oxidation sites excluding steroid dienone is 2. The Morgan fingerprint density at radius 1 is 1.13 bits per heavy atom. The number of hydrazone groups is 1. The first-order valence-electron chi connectivity index (χ1n) is 10.2. The molecule has 30 heavy (non-hydrogen) atoms. The number of ketones is 1. The zero-order valence-corrected chi connectivity index (χ0v) is 16.9. The Hall–Kier alpha value is -3.28. The number of benzene rings is 2. The number of Topliss-reactive ketones (excluding diaryl/α,β-unsaturated/α-hetero) is 1. The Labute approximate surface area is 175 Å². The van der Waals surface area contributed by atoms with Gasteiger partial charge in [-0.15, -0.1) is 0 Å². The van der Waals surface area contributed by atoms with Gasteiger partial charge in [-0.25, -0.2) is 9.82 Å². The van der Waals surface area contributed by atoms with Crippen molar-refractivity contribution in [3.05, 3.63) is 76.7 Å². The highest BCUT2D eigenvalue weighted by atomic mass is 19.1. The van der Waals surface area contributed by atoms with E-state index in [1.807, 2.05) is 37.3 Å². The molecule has 1 heterocycles. The molecular formula is C24H24FN3O2. The molecule has 1 atom stereocenters. The van der Waals surface area contributed by atoms with Gasteiger partial charge < -0.3 is 5.32 Å². The average Bonchev–Trinajstić information content (AvgIpc) is 2.71. The summed E-state index contributed by atoms with van der Waals surface area (Å²) >= 11 is 0. The number of anilines is 1. The molecule has 1 unspecified atom stereocenters. The Bertz CT molecular complexity index is 1040. The highest BCUT2D eigenvalue weighted by Crippen LogP contribution is 2.27. The average molecular weight is 405 g/mol. The minimum Gasteiger partial charge on any atom is -0.359 e. The van der Waals surface area contributed by atoms with E-state index in [9.17, 15) is 14.0 Å². The number of carbonyl (C=O) groups is 2. The van der Waals surface area contributed by atoms with Gasteiger partial charge in [0.25, 0.3) is 0 Å². The van der Waals surface area contributed by atoms with Crippen LogP contribution < -0.4 is 10.7 Å². The van der Waals surface area contributed by atoms with Crippen LogP contribution in [0, 0.1) is 11.7 Å². The molecule has 0 saturated carbocycles. The lowest BCUT2D eigenvalue weighted by Crippen LogP contribution is -2.31. The van der Waals surface area contributed by atoms with Gasteiger partial charge in [0.2, 0.25) is 5.91 Å². The topological polar surface area (TPSA) is 70.6 Å². The van der Waals surface area contributed by atoms with Crippen molar-refractivity contribution < 1.29 is 14.0 Å². The van der Waals surface area contributed by atoms with Gasteiger partial charge in [0.15, 0.2) is 5.78 Å². The second kappa shape index (κ2) is 8.61. The number of rotatable bonds is 5. The third kappa shape index (κ3) is 4.48. The summed E-state index contributed by atoms with van der Waals surface area (Å²) in [6, 6.07) is 14.2. The fourth-order valence-electron chi connectivity index (χ4n) is 3.99. The molecule has 0 aromatic heterocycles. The Kier molecular flexibility index (Phi) is 5.74. The molecule has 2 N–H and O–H groups in total. The second-order valence-corrected chi connectivity index (χ2v) is 7.88. The second-order valence-electron chi connectivity index (χ2n) is 7.88. The fraction of sp³-hybridized carbons (Fsp3) is 0.292. The predicted octanol–water partition coefficient (Wildman–Crippen LogP) is 4.35. The van der Waals surface area contributed by atoms with Crippen LogP contribution >= 0.6 is 0 Å². The molecule has 0 bridgehead atoms. The molecule has 6 heteroatoms. The summed E-state index contributed by atoms with van der Waals surface area (Å²) in [5, 5.41) is 7.60. The van der Waals surface area contributed by atoms with E-state index in [-0.39, 0.29) is 23.4 Å². The van der Waals surface area contributed by atoms with Crippen molar-refractivity contribution in [2.45, 2.75) is 39.0 Å². The monoisotopic (exact) mass is 405 g/mol. The molecule has 154 valence electrons. The number of hydrogen-bond acceptors (Lipinski definition) is 4. The molecular weight excluding hydrogens is 381 g/mol. The van der Waals surface area contributed by atoms with Gasteiger partial charge in [0.05, 0.1) is 5.71 Å². The first kappa shape index (κ1) is 20.0. The molecule has 0 saturated heterocycles. The lowest BCUT2D eigenvalue weighted by Gasteiger charge is -2.22. The Morgan fingerprint density at radius 3 is 2.67 bits per heavy atom. The van der Waals surface area contributed by atoms with E-state index in [1.165, 1.54) is 12.1 Å². The quantitative estimate of drug-likeness (QED) is 0.777. The number of amides is 1. The number of hydrogen-bond donors (Lipinski definition) is 2. The van der Waals surface area contributed by atoms with E-state index >= 15 is 0 Å². The summed E-state index contributed by atoms with van der Waals surface area (Å²) in [5.74, 6) is -0.179. The van der Waals surface area contributed by atoms with Crippen molar-refractivity contribution in [2.75, 3.05) is 5.32 Å². The van der Waals surface area contributed by atoms with Gasteiger partial charge >= 0.3 is 0 Å². The molecule has 2 aromatic rings. The minimum atomic E-state index is -0.294. The number of nitrogens with one attached hydrogen (secondary N) is 2. The molecule has 0 radical (unpaired) electrons. The maximum atomic E-state index is 13.6. The van der Waals surface area contributed by atoms with Crippen molar-refractivity contribution in [3.8, 4) is 0 Å². The van der Waals surface area contributed by atoms with Crippen LogP contribution in [-0.4, -0.2) is 17.4 Å². The molecule has 1 aliphatic carbocycles. The molecule has 2 aliphatic rings. The SMILES string of the molecule is CC1CC(=O)NN=C1c1ccc(NC2=C(Cc3cccc(F)c3)C(=O)CCC2)cc1. The van der Waals surface area contributed by atoms with Gasteiger partial charge in [-0.05, 0) is 48.2 Å². The molecule has 1 amide bonds. The molecule has 4 rings (SSSR count). The van der Waals surface area contributed by atoms with Gasteiger partial charge in [0.1, 0.15) is 5.82 Å². The number of nitrogens with zero attached hydrogens (tertiary/aromatic N) is 1. The van der Waals surface area contributed by atoms with Crippen LogP contribution in [0.5, 0.6) is 0 Å². The lowest BCUT2D eigenvalue weighted by molar-refractivity contribution is -0.122. The van der Waals surface area contributed by atoms with Crippen LogP contribution in [0.15, 0.2) is 64.9 Å². The highest BCUT2D eigenvalue weighted by molar-refractivity contribution is 6.05. The fourth-order valence-corrected chi connectivity index (χ4v) is 3.99. The smallest absolute Gasteiger partial charge is 0.240 e. The summed E-state index contributed by atoms with van der Waals surface area (Å²) in [4.78, 5) is 24.0. The summed E-state index contributed by atoms with van der Waals surface area (Å²) in [7, 11) is 0. The molecule has 2 aromatic carbocycles. The van der Waals surface area contributed by atoms with Crippen LogP contribution in [0.1, 0.15) is 43.7 Å². The predicted molar refractivity (Wildman–Crippen MR) is 115 cm³/mol. The van der Waals surface area contributed by atoms with Crippen LogP contribution in [-0.2, 0) is 16.0 Å². The van der Waals surface area contributed by atoms with Gasteiger partial charge in [-0.1, -0.05) is 31.2 Å². The zero-order chi connectivity index (χ0) is 21.1. The van der Waals surface area contributed by atoms with Crippen molar-refractivity contribution in [1.82, 2.24) is 5.43 Å². The minimum absolute atomic E-state index is 0.0640. The van der Waals surface area contributed by atoms with E-state index in [1.54, 1.807) is 6.07 Å². The maximum Gasteiger partial charge on any atom is 0.240 e. The molecule has 0 fully saturated rings. The maximum absolute atomic E-state index is 13.6. The van der Waals surface area contributed by atoms with E-state index in [4.69, 9.17) is 0 Å². The van der Waals surface area contributed by atoms with E-state index in [0.717, 1.165) is 46.6 Å². The third-order valence-corrected chi connectivity index (χ3v) is 5.54. The van der Waals surface area contributed by atoms with Crippen LogP contribution in [0.25, 0.3) is 0 Å². The highest BCUT2D eigenvalue weighted by Gasteiger charge is 2.23. The van der Waals surface area contributed by atoms with Crippen molar-refractivity contribution >= 4 is 23.1 Å². The lowest BCUT2D eigenvalue weighted by atomic mass is 9.90. The van der Waals surface area contributed by atoms with Crippen molar-refractivity contribution in [2.24, 2.45) is 11.0 Å². The largest absolute Gasteiger partial charge is 0.359 e. The first-order valence-corrected chi connectivity index (χ1v) is 10.2. The Balaban J connectivity index is 1.55. The van der Waals surface area contributed by atoms with Gasteiger partial charge in [-0.2, -0.15) is 5.10 Å². The van der Waals surface area contributed by atoms with E-state index in [0.29, 0.717) is 19.3 Å². The van der Waals surface area contributed by atoms with Crippen LogP contribution in [0.4, 0.5) is 10.1 Å². The zero-order valence-electron chi connectivity index (χ0n) is 16.9. The third-order valence-electron chi connectivity index (χ3n) is 5.54. The summed E-state index contributed by atoms with van der Waals surface area (Å²) in [6.07, 6.45) is 2.97. The summed E-state index contributed by atoms with van der Waals surface area (Å²) < 4.78 is 13.6. The number of halogens is 1. The first-order chi connectivity index (χ1) is 14.5. The van der Waals surface area contributed by atoms with Crippen molar-refractivity contribution in [1.29, 1.82) is 0 Å². The standard InChI is InChI=1S/C24H24FN3O2/c1-15-12-23(30)27-28-24(15)17-8-10-19(11-9-17)26-21-6-3-7-22(29)20(21)14-16-4-2-5-18(25)13-16/h2,4-5,8-11,13,15,26H,3,6-7,12,14H2,1H3,(H,27,30). The normalized spacial score (nSPS) is 19.4. The van der Waals surface area contributed by atoms with Gasteiger partial charge in [-0.3, -0.25) is 9.59 Å². The molecule has 5 nitrogen and oxygen atoms in total. The van der Waals surface area contributed by atoms with E-state index < -0.39 is 0 Å². The van der Waals surface area contributed by atoms with Crippen LogP contribution in [0.3, 0.4) is 0 Å². The molecule has 1 aliphatic heterocycles. The van der Waals surface area contributed by atoms with Gasteiger partial charge in [0, 0.05) is 42.1 Å². The summed E-state index contributed by atoms with van der Waals surface area (Å²) in [5.41, 5.74) is 7.66. The molecule has 0 spiro atoms. The number of carbonyl (C=O) groups excluding carboxylic acids is 2.